The Kier molecular flexibility index (Phi) is 7.32. The van der Waals surface area contributed by atoms with Crippen molar-refractivity contribution >= 4 is 32.4 Å². The zero-order chi connectivity index (χ0) is 21.7. The van der Waals surface area contributed by atoms with Gasteiger partial charge in [-0.15, -0.1) is 11.3 Å². The molecule has 0 aliphatic carbocycles. The predicted molar refractivity (Wildman–Crippen MR) is 118 cm³/mol. The zero-order valence-corrected chi connectivity index (χ0v) is 19.2. The molecule has 0 spiro atoms. The number of nitrogens with zero attached hydrogens (tertiary/aromatic N) is 4. The second-order valence-electron chi connectivity index (χ2n) is 6.90. The molecule has 1 aromatic carbocycles. The molecular formula is C20H28N4O4S2. The molecule has 1 aliphatic rings. The van der Waals surface area contributed by atoms with Gasteiger partial charge in [0.05, 0.1) is 17.6 Å². The van der Waals surface area contributed by atoms with Crippen LogP contribution >= 0.6 is 11.3 Å². The first-order valence-electron chi connectivity index (χ1n) is 10.0. The van der Waals surface area contributed by atoms with Crippen molar-refractivity contribution in [2.75, 3.05) is 51.3 Å². The van der Waals surface area contributed by atoms with Crippen molar-refractivity contribution in [3.63, 3.8) is 0 Å². The minimum atomic E-state index is -3.67. The van der Waals surface area contributed by atoms with Gasteiger partial charge in [-0.1, -0.05) is 13.8 Å². The van der Waals surface area contributed by atoms with Gasteiger partial charge in [0, 0.05) is 50.8 Å². The number of anilines is 1. The molecule has 10 heteroatoms. The van der Waals surface area contributed by atoms with Crippen LogP contribution in [0.5, 0.6) is 5.75 Å². The summed E-state index contributed by atoms with van der Waals surface area (Å²) in [5.41, 5.74) is 0.272. The number of methoxy groups -OCH3 is 1. The molecule has 8 nitrogen and oxygen atoms in total. The molecule has 3 rings (SSSR count). The van der Waals surface area contributed by atoms with Crippen LogP contribution in [0, 0.1) is 0 Å². The third-order valence-corrected chi connectivity index (χ3v) is 8.10. The number of carbonyl (C=O) groups excluding carboxylic acids is 1. The molecular weight excluding hydrogens is 424 g/mol. The second kappa shape index (κ2) is 9.76. The number of carbonyl (C=O) groups is 1. The lowest BCUT2D eigenvalue weighted by Gasteiger charge is -2.23. The maximum atomic E-state index is 13.3. The monoisotopic (exact) mass is 452 g/mol. The summed E-state index contributed by atoms with van der Waals surface area (Å²) in [6, 6.07) is 4.50. The van der Waals surface area contributed by atoms with Crippen molar-refractivity contribution in [3.05, 3.63) is 35.3 Å². The molecule has 0 N–H and O–H groups in total. The van der Waals surface area contributed by atoms with Crippen molar-refractivity contribution in [3.8, 4) is 5.75 Å². The molecule has 164 valence electrons. The Morgan fingerprint density at radius 1 is 1.20 bits per heavy atom. The van der Waals surface area contributed by atoms with Crippen LogP contribution < -0.4 is 9.64 Å². The first-order valence-corrected chi connectivity index (χ1v) is 12.4. The molecule has 1 saturated heterocycles. The van der Waals surface area contributed by atoms with E-state index in [0.717, 1.165) is 18.1 Å². The number of hydrogen-bond donors (Lipinski definition) is 0. The third-order valence-electron chi connectivity index (χ3n) is 5.22. The first-order chi connectivity index (χ1) is 14.4. The zero-order valence-electron chi connectivity index (χ0n) is 17.6. The fourth-order valence-corrected chi connectivity index (χ4v) is 5.76. The van der Waals surface area contributed by atoms with E-state index >= 15 is 0 Å². The lowest BCUT2D eigenvalue weighted by Crippen LogP contribution is -2.35. The van der Waals surface area contributed by atoms with E-state index in [1.54, 1.807) is 42.3 Å². The number of ether oxygens (including phenoxy) is 1. The summed E-state index contributed by atoms with van der Waals surface area (Å²) in [5.74, 6) is 0.156. The first kappa shape index (κ1) is 22.5. The van der Waals surface area contributed by atoms with Gasteiger partial charge in [-0.25, -0.2) is 13.4 Å². The standard InChI is InChI=1S/C20H28N4O4S2/c1-4-24(5-2)30(26,27)16-7-8-18(28-3)17(15-16)19(25)22-10-6-11-23(13-12-22)20-21-9-14-29-20/h7-9,14-15H,4-6,10-13H2,1-3H3. The highest BCUT2D eigenvalue weighted by atomic mass is 32.2. The third kappa shape index (κ3) is 4.60. The van der Waals surface area contributed by atoms with Crippen LogP contribution in [0.25, 0.3) is 0 Å². The normalized spacial score (nSPS) is 15.3. The Morgan fingerprint density at radius 2 is 1.97 bits per heavy atom. The highest BCUT2D eigenvalue weighted by Gasteiger charge is 2.27. The van der Waals surface area contributed by atoms with E-state index in [2.05, 4.69) is 9.88 Å². The fourth-order valence-electron chi connectivity index (χ4n) is 3.58. The van der Waals surface area contributed by atoms with E-state index in [1.807, 2.05) is 5.38 Å². The van der Waals surface area contributed by atoms with Gasteiger partial charge in [0.15, 0.2) is 5.13 Å². The van der Waals surface area contributed by atoms with Crippen LogP contribution in [0.1, 0.15) is 30.6 Å². The van der Waals surface area contributed by atoms with Gasteiger partial charge in [-0.2, -0.15) is 4.31 Å². The summed E-state index contributed by atoms with van der Waals surface area (Å²) in [6.07, 6.45) is 2.59. The number of aromatic nitrogens is 1. The van der Waals surface area contributed by atoms with Gasteiger partial charge in [-0.05, 0) is 24.6 Å². The average molecular weight is 453 g/mol. The maximum absolute atomic E-state index is 13.3. The molecule has 1 amide bonds. The summed E-state index contributed by atoms with van der Waals surface area (Å²) >= 11 is 1.58. The Balaban J connectivity index is 1.86. The molecule has 2 heterocycles. The summed E-state index contributed by atoms with van der Waals surface area (Å²) < 4.78 is 32.6. The van der Waals surface area contributed by atoms with Crippen LogP contribution in [0.15, 0.2) is 34.7 Å². The minimum Gasteiger partial charge on any atom is -0.496 e. The molecule has 0 unspecified atom stereocenters. The molecule has 30 heavy (non-hydrogen) atoms. The molecule has 0 radical (unpaired) electrons. The molecule has 1 fully saturated rings. The van der Waals surface area contributed by atoms with Gasteiger partial charge < -0.3 is 14.5 Å². The largest absolute Gasteiger partial charge is 0.496 e. The molecule has 1 aromatic heterocycles. The van der Waals surface area contributed by atoms with Gasteiger partial charge in [0.25, 0.3) is 5.91 Å². The molecule has 2 aromatic rings. The highest BCUT2D eigenvalue weighted by Crippen LogP contribution is 2.27. The van der Waals surface area contributed by atoms with Gasteiger partial charge >= 0.3 is 0 Å². The number of hydrogen-bond acceptors (Lipinski definition) is 7. The van der Waals surface area contributed by atoms with Crippen molar-refractivity contribution in [2.24, 2.45) is 0 Å². The lowest BCUT2D eigenvalue weighted by molar-refractivity contribution is 0.0763. The number of sulfonamides is 1. The van der Waals surface area contributed by atoms with E-state index < -0.39 is 10.0 Å². The number of benzene rings is 1. The molecule has 0 saturated carbocycles. The quantitative estimate of drug-likeness (QED) is 0.642. The molecule has 1 aliphatic heterocycles. The summed E-state index contributed by atoms with van der Waals surface area (Å²) in [6.45, 7) is 6.96. The smallest absolute Gasteiger partial charge is 0.257 e. The van der Waals surface area contributed by atoms with E-state index in [4.69, 9.17) is 4.74 Å². The fraction of sp³-hybridized carbons (Fsp3) is 0.500. The van der Waals surface area contributed by atoms with Crippen molar-refractivity contribution < 1.29 is 17.9 Å². The Morgan fingerprint density at radius 3 is 2.60 bits per heavy atom. The van der Waals surface area contributed by atoms with Crippen LogP contribution in [0.4, 0.5) is 5.13 Å². The van der Waals surface area contributed by atoms with Crippen molar-refractivity contribution in [1.29, 1.82) is 0 Å². The Hall–Kier alpha value is -2.17. The highest BCUT2D eigenvalue weighted by molar-refractivity contribution is 7.89. The van der Waals surface area contributed by atoms with E-state index in [9.17, 15) is 13.2 Å². The Labute approximate surface area is 182 Å². The summed E-state index contributed by atoms with van der Waals surface area (Å²) in [4.78, 5) is 21.7. The SMILES string of the molecule is CCN(CC)S(=O)(=O)c1ccc(OC)c(C(=O)N2CCCN(c3nccs3)CC2)c1. The van der Waals surface area contributed by atoms with Crippen LogP contribution in [0.2, 0.25) is 0 Å². The van der Waals surface area contributed by atoms with E-state index in [1.165, 1.54) is 23.5 Å². The summed E-state index contributed by atoms with van der Waals surface area (Å²) in [7, 11) is -2.18. The maximum Gasteiger partial charge on any atom is 0.257 e. The molecule has 0 bridgehead atoms. The van der Waals surface area contributed by atoms with Crippen molar-refractivity contribution in [1.82, 2.24) is 14.2 Å². The molecule has 0 atom stereocenters. The van der Waals surface area contributed by atoms with Gasteiger partial charge in [0.1, 0.15) is 5.75 Å². The van der Waals surface area contributed by atoms with Crippen LogP contribution in [0.3, 0.4) is 0 Å². The van der Waals surface area contributed by atoms with Crippen LogP contribution in [-0.4, -0.2) is 74.9 Å². The average Bonchev–Trinajstić information content (AvgIpc) is 3.18. The van der Waals surface area contributed by atoms with Gasteiger partial charge in [-0.3, -0.25) is 4.79 Å². The lowest BCUT2D eigenvalue weighted by atomic mass is 10.1. The van der Waals surface area contributed by atoms with E-state index in [-0.39, 0.29) is 16.4 Å². The van der Waals surface area contributed by atoms with E-state index in [0.29, 0.717) is 38.5 Å². The predicted octanol–water partition coefficient (Wildman–Crippen LogP) is 2.53. The number of rotatable bonds is 7. The topological polar surface area (TPSA) is 83.0 Å². The number of amides is 1. The number of thiazole rings is 1. The second-order valence-corrected chi connectivity index (χ2v) is 9.71. The van der Waals surface area contributed by atoms with Crippen molar-refractivity contribution in [2.45, 2.75) is 25.2 Å². The Bertz CT molecular complexity index is 959. The summed E-state index contributed by atoms with van der Waals surface area (Å²) in [5, 5.41) is 2.89. The van der Waals surface area contributed by atoms with Gasteiger partial charge in [0.2, 0.25) is 10.0 Å². The minimum absolute atomic E-state index is 0.106. The van der Waals surface area contributed by atoms with Crippen LogP contribution in [-0.2, 0) is 10.0 Å².